The van der Waals surface area contributed by atoms with E-state index in [0.717, 1.165) is 11.1 Å². The standard InChI is InChI=1S/C16H14F2O/c1-11-8-13(4-7-16(11)18)10-15(19)9-12-2-5-14(17)6-3-12/h2-8H,9-10H2,1H3. The molecule has 0 aliphatic heterocycles. The van der Waals surface area contributed by atoms with Crippen molar-refractivity contribution < 1.29 is 13.6 Å². The van der Waals surface area contributed by atoms with Gasteiger partial charge in [0, 0.05) is 12.8 Å². The highest BCUT2D eigenvalue weighted by Gasteiger charge is 2.07. The molecular formula is C16H14F2O. The SMILES string of the molecule is Cc1cc(CC(=O)Cc2ccc(F)cc2)ccc1F. The van der Waals surface area contributed by atoms with Gasteiger partial charge >= 0.3 is 0 Å². The van der Waals surface area contributed by atoms with E-state index in [1.54, 1.807) is 31.2 Å². The van der Waals surface area contributed by atoms with E-state index < -0.39 is 0 Å². The minimum Gasteiger partial charge on any atom is -0.299 e. The molecule has 0 unspecified atom stereocenters. The number of hydrogen-bond acceptors (Lipinski definition) is 1. The highest BCUT2D eigenvalue weighted by molar-refractivity contribution is 5.83. The Morgan fingerprint density at radius 1 is 0.947 bits per heavy atom. The number of aryl methyl sites for hydroxylation is 1. The van der Waals surface area contributed by atoms with Gasteiger partial charge in [0.15, 0.2) is 0 Å². The second-order valence-corrected chi connectivity index (χ2v) is 4.60. The van der Waals surface area contributed by atoms with Crippen LogP contribution in [0.2, 0.25) is 0 Å². The summed E-state index contributed by atoms with van der Waals surface area (Å²) in [4.78, 5) is 11.9. The molecule has 19 heavy (non-hydrogen) atoms. The molecule has 0 aliphatic rings. The number of hydrogen-bond donors (Lipinski definition) is 0. The molecule has 3 heteroatoms. The van der Waals surface area contributed by atoms with Crippen LogP contribution in [0, 0.1) is 18.6 Å². The van der Waals surface area contributed by atoms with Crippen molar-refractivity contribution in [2.45, 2.75) is 19.8 Å². The number of carbonyl (C=O) groups excluding carboxylic acids is 1. The maximum Gasteiger partial charge on any atom is 0.141 e. The Hall–Kier alpha value is -2.03. The van der Waals surface area contributed by atoms with E-state index in [1.807, 2.05) is 0 Å². The minimum atomic E-state index is -0.314. The largest absolute Gasteiger partial charge is 0.299 e. The second-order valence-electron chi connectivity index (χ2n) is 4.60. The van der Waals surface area contributed by atoms with E-state index in [0.29, 0.717) is 5.56 Å². The first kappa shape index (κ1) is 13.4. The average Bonchev–Trinajstić information content (AvgIpc) is 2.37. The van der Waals surface area contributed by atoms with Crippen LogP contribution in [0.1, 0.15) is 16.7 Å². The summed E-state index contributed by atoms with van der Waals surface area (Å²) in [5.74, 6) is -0.558. The summed E-state index contributed by atoms with van der Waals surface area (Å²) in [7, 11) is 0. The quantitative estimate of drug-likeness (QED) is 0.820. The molecule has 0 spiro atoms. The maximum atomic E-state index is 13.1. The highest BCUT2D eigenvalue weighted by atomic mass is 19.1. The molecule has 0 heterocycles. The summed E-state index contributed by atoms with van der Waals surface area (Å²) in [6.45, 7) is 1.67. The van der Waals surface area contributed by atoms with Gasteiger partial charge in [-0.3, -0.25) is 4.79 Å². The average molecular weight is 260 g/mol. The topological polar surface area (TPSA) is 17.1 Å². The van der Waals surface area contributed by atoms with Crippen LogP contribution < -0.4 is 0 Å². The molecule has 0 aromatic heterocycles. The summed E-state index contributed by atoms with van der Waals surface area (Å²) in [6.07, 6.45) is 0.523. The lowest BCUT2D eigenvalue weighted by Crippen LogP contribution is -2.07. The first-order valence-corrected chi connectivity index (χ1v) is 6.06. The fourth-order valence-corrected chi connectivity index (χ4v) is 1.94. The van der Waals surface area contributed by atoms with Gasteiger partial charge in [0.05, 0.1) is 0 Å². The van der Waals surface area contributed by atoms with E-state index in [4.69, 9.17) is 0 Å². The molecule has 98 valence electrons. The first-order chi connectivity index (χ1) is 9.04. The maximum absolute atomic E-state index is 13.1. The lowest BCUT2D eigenvalue weighted by atomic mass is 10.0. The van der Waals surface area contributed by atoms with Gasteiger partial charge in [0.2, 0.25) is 0 Å². The van der Waals surface area contributed by atoms with Gasteiger partial charge in [0.1, 0.15) is 17.4 Å². The smallest absolute Gasteiger partial charge is 0.141 e. The fourth-order valence-electron chi connectivity index (χ4n) is 1.94. The van der Waals surface area contributed by atoms with Gasteiger partial charge in [-0.15, -0.1) is 0 Å². The number of Topliss-reactive ketones (excluding diaryl/α,β-unsaturated/α-hetero) is 1. The molecule has 1 nitrogen and oxygen atoms in total. The van der Waals surface area contributed by atoms with Crippen molar-refractivity contribution in [2.75, 3.05) is 0 Å². The predicted molar refractivity (Wildman–Crippen MR) is 70.0 cm³/mol. The fraction of sp³-hybridized carbons (Fsp3) is 0.188. The van der Waals surface area contributed by atoms with E-state index in [9.17, 15) is 13.6 Å². The Balaban J connectivity index is 2.01. The third-order valence-electron chi connectivity index (χ3n) is 2.94. The van der Waals surface area contributed by atoms with Gasteiger partial charge in [-0.2, -0.15) is 0 Å². The third kappa shape index (κ3) is 3.71. The number of benzene rings is 2. The Morgan fingerprint density at radius 3 is 2.16 bits per heavy atom. The Bertz CT molecular complexity index is 588. The molecule has 2 rings (SSSR count). The van der Waals surface area contributed by atoms with Crippen LogP contribution in [-0.2, 0) is 17.6 Å². The van der Waals surface area contributed by atoms with Crippen molar-refractivity contribution in [3.8, 4) is 0 Å². The number of ketones is 1. The predicted octanol–water partition coefficient (Wildman–Crippen LogP) is 3.63. The molecule has 0 atom stereocenters. The Kier molecular flexibility index (Phi) is 4.05. The molecule has 2 aromatic rings. The van der Waals surface area contributed by atoms with Crippen molar-refractivity contribution in [3.05, 3.63) is 70.8 Å². The molecule has 0 saturated heterocycles. The molecule has 0 amide bonds. The lowest BCUT2D eigenvalue weighted by Gasteiger charge is -2.04. The van der Waals surface area contributed by atoms with E-state index in [2.05, 4.69) is 0 Å². The van der Waals surface area contributed by atoms with Crippen molar-refractivity contribution >= 4 is 5.78 Å². The molecule has 0 fully saturated rings. The zero-order chi connectivity index (χ0) is 13.8. The molecular weight excluding hydrogens is 246 g/mol. The Labute approximate surface area is 110 Å². The molecule has 2 aromatic carbocycles. The summed E-state index contributed by atoms with van der Waals surface area (Å²) >= 11 is 0. The molecule has 0 aliphatic carbocycles. The molecule has 0 saturated carbocycles. The summed E-state index contributed by atoms with van der Waals surface area (Å²) in [5.41, 5.74) is 2.11. The monoisotopic (exact) mass is 260 g/mol. The van der Waals surface area contributed by atoms with Crippen LogP contribution in [0.4, 0.5) is 8.78 Å². The number of carbonyl (C=O) groups is 1. The number of halogens is 2. The van der Waals surface area contributed by atoms with Crippen LogP contribution in [0.25, 0.3) is 0 Å². The van der Waals surface area contributed by atoms with Crippen LogP contribution in [-0.4, -0.2) is 5.78 Å². The third-order valence-corrected chi connectivity index (χ3v) is 2.94. The van der Waals surface area contributed by atoms with Gasteiger partial charge in [0.25, 0.3) is 0 Å². The zero-order valence-electron chi connectivity index (χ0n) is 10.6. The van der Waals surface area contributed by atoms with Gasteiger partial charge < -0.3 is 0 Å². The highest BCUT2D eigenvalue weighted by Crippen LogP contribution is 2.11. The normalized spacial score (nSPS) is 10.5. The molecule has 0 N–H and O–H groups in total. The van der Waals surface area contributed by atoms with Crippen LogP contribution >= 0.6 is 0 Å². The lowest BCUT2D eigenvalue weighted by molar-refractivity contribution is -0.117. The summed E-state index contributed by atoms with van der Waals surface area (Å²) < 4.78 is 25.8. The van der Waals surface area contributed by atoms with Crippen molar-refractivity contribution in [1.82, 2.24) is 0 Å². The van der Waals surface area contributed by atoms with Crippen LogP contribution in [0.15, 0.2) is 42.5 Å². The van der Waals surface area contributed by atoms with Gasteiger partial charge in [-0.1, -0.05) is 24.3 Å². The molecule has 0 bridgehead atoms. The van der Waals surface area contributed by atoms with Crippen LogP contribution in [0.3, 0.4) is 0 Å². The van der Waals surface area contributed by atoms with Gasteiger partial charge in [-0.25, -0.2) is 8.78 Å². The van der Waals surface area contributed by atoms with Gasteiger partial charge in [-0.05, 0) is 41.8 Å². The Morgan fingerprint density at radius 2 is 1.53 bits per heavy atom. The van der Waals surface area contributed by atoms with E-state index in [1.165, 1.54) is 18.2 Å². The van der Waals surface area contributed by atoms with E-state index in [-0.39, 0.29) is 30.3 Å². The van der Waals surface area contributed by atoms with Crippen LogP contribution in [0.5, 0.6) is 0 Å². The summed E-state index contributed by atoms with van der Waals surface area (Å²) in [5, 5.41) is 0. The number of rotatable bonds is 4. The van der Waals surface area contributed by atoms with Crippen molar-refractivity contribution in [3.63, 3.8) is 0 Å². The minimum absolute atomic E-state index is 0.0256. The van der Waals surface area contributed by atoms with Crippen molar-refractivity contribution in [1.29, 1.82) is 0 Å². The zero-order valence-corrected chi connectivity index (χ0v) is 10.6. The summed E-state index contributed by atoms with van der Waals surface area (Å²) in [6, 6.07) is 10.5. The van der Waals surface area contributed by atoms with Crippen molar-refractivity contribution in [2.24, 2.45) is 0 Å². The molecule has 0 radical (unpaired) electrons. The second kappa shape index (κ2) is 5.74. The van der Waals surface area contributed by atoms with E-state index >= 15 is 0 Å². The first-order valence-electron chi connectivity index (χ1n) is 6.06.